The minimum Gasteiger partial charge on any atom is -0.378 e. The highest BCUT2D eigenvalue weighted by molar-refractivity contribution is 6.30. The number of hydrogen-bond acceptors (Lipinski definition) is 5. The van der Waals surface area contributed by atoms with Gasteiger partial charge in [-0.05, 0) is 55.5 Å². The topological polar surface area (TPSA) is 80.5 Å². The zero-order valence-corrected chi connectivity index (χ0v) is 20.4. The molecule has 1 aliphatic carbocycles. The van der Waals surface area contributed by atoms with Gasteiger partial charge in [-0.3, -0.25) is 4.79 Å². The first-order valence-corrected chi connectivity index (χ1v) is 11.0. The number of rotatable bonds is 5. The maximum atomic E-state index is 12.7. The summed E-state index contributed by atoms with van der Waals surface area (Å²) in [5.74, 6) is 0.825. The number of morpholine rings is 1. The van der Waals surface area contributed by atoms with E-state index in [-0.39, 0.29) is 42.2 Å². The van der Waals surface area contributed by atoms with Crippen molar-refractivity contribution in [3.05, 3.63) is 58.7 Å². The van der Waals surface area contributed by atoms with Gasteiger partial charge in [-0.2, -0.15) is 0 Å². The zero-order valence-electron chi connectivity index (χ0n) is 18.0. The lowest BCUT2D eigenvalue weighted by molar-refractivity contribution is 0.0917. The molecule has 1 aliphatic heterocycles. The monoisotopic (exact) mass is 500 g/mol. The Bertz CT molecular complexity index is 868. The molecule has 32 heavy (non-hydrogen) atoms. The van der Waals surface area contributed by atoms with Gasteiger partial charge in [0.1, 0.15) is 5.82 Å². The highest BCUT2D eigenvalue weighted by Crippen LogP contribution is 2.39. The first-order valence-electron chi connectivity index (χ1n) is 10.7. The minimum atomic E-state index is -0.0657. The predicted octanol–water partition coefficient (Wildman–Crippen LogP) is 3.98. The number of carbonyl (C=O) groups is 1. The van der Waals surface area contributed by atoms with Crippen LogP contribution in [0.25, 0.3) is 0 Å². The second kappa shape index (κ2) is 12.1. The first-order chi connectivity index (χ1) is 14.6. The summed E-state index contributed by atoms with van der Waals surface area (Å²) in [7, 11) is 0. The molecule has 0 spiro atoms. The third-order valence-corrected chi connectivity index (χ3v) is 6.69. The Morgan fingerprint density at radius 2 is 1.91 bits per heavy atom. The Labute approximate surface area is 207 Å². The summed E-state index contributed by atoms with van der Waals surface area (Å²) < 4.78 is 5.38. The maximum Gasteiger partial charge on any atom is 0.253 e. The van der Waals surface area contributed by atoms with Crippen LogP contribution in [0.2, 0.25) is 5.02 Å². The fourth-order valence-electron chi connectivity index (χ4n) is 4.51. The van der Waals surface area contributed by atoms with Crippen molar-refractivity contribution < 1.29 is 9.53 Å². The summed E-state index contributed by atoms with van der Waals surface area (Å²) >= 11 is 6.20. The number of pyridine rings is 1. The van der Waals surface area contributed by atoms with Crippen molar-refractivity contribution in [2.75, 3.05) is 37.7 Å². The molecule has 1 aromatic heterocycles. The fourth-order valence-corrected chi connectivity index (χ4v) is 4.70. The van der Waals surface area contributed by atoms with Crippen molar-refractivity contribution in [2.24, 2.45) is 5.73 Å². The molecule has 2 heterocycles. The van der Waals surface area contributed by atoms with Crippen molar-refractivity contribution in [3.63, 3.8) is 0 Å². The number of carbonyl (C=O) groups excluding carboxylic acids is 1. The SMILES string of the molecule is Cl.Cl.NC[C@]1(c2cccc(Cl)c2)CC[C@@H](NC(=O)c2ccc(N3CCOCC3)nc2)CC1. The second-order valence-electron chi connectivity index (χ2n) is 8.25. The number of nitrogens with zero attached hydrogens (tertiary/aromatic N) is 2. The van der Waals surface area contributed by atoms with Gasteiger partial charge in [-0.15, -0.1) is 24.8 Å². The molecule has 3 N–H and O–H groups in total. The molecule has 176 valence electrons. The smallest absolute Gasteiger partial charge is 0.253 e. The van der Waals surface area contributed by atoms with Gasteiger partial charge < -0.3 is 20.7 Å². The van der Waals surface area contributed by atoms with Crippen molar-refractivity contribution >= 4 is 48.1 Å². The second-order valence-corrected chi connectivity index (χ2v) is 8.68. The number of ether oxygens (including phenoxy) is 1. The van der Waals surface area contributed by atoms with Crippen molar-refractivity contribution in [2.45, 2.75) is 37.1 Å². The Morgan fingerprint density at radius 1 is 1.19 bits per heavy atom. The van der Waals surface area contributed by atoms with Crippen LogP contribution in [0, 0.1) is 0 Å². The molecule has 1 aromatic carbocycles. The van der Waals surface area contributed by atoms with Crippen LogP contribution in [-0.2, 0) is 10.2 Å². The van der Waals surface area contributed by atoms with Crippen LogP contribution in [0.5, 0.6) is 0 Å². The Balaban J connectivity index is 0.00000181. The summed E-state index contributed by atoms with van der Waals surface area (Å²) in [4.78, 5) is 19.4. The van der Waals surface area contributed by atoms with Gasteiger partial charge in [-0.25, -0.2) is 4.98 Å². The quantitative estimate of drug-likeness (QED) is 0.648. The zero-order chi connectivity index (χ0) is 21.0. The lowest BCUT2D eigenvalue weighted by atomic mass is 9.68. The highest BCUT2D eigenvalue weighted by Gasteiger charge is 2.36. The van der Waals surface area contributed by atoms with E-state index in [9.17, 15) is 4.79 Å². The number of aromatic nitrogens is 1. The van der Waals surface area contributed by atoms with Gasteiger partial charge in [-0.1, -0.05) is 23.7 Å². The molecule has 0 atom stereocenters. The summed E-state index contributed by atoms with van der Waals surface area (Å²) in [6.45, 7) is 3.67. The van der Waals surface area contributed by atoms with E-state index in [4.69, 9.17) is 22.1 Å². The molecule has 6 nitrogen and oxygen atoms in total. The number of hydrogen-bond donors (Lipinski definition) is 2. The molecule has 0 radical (unpaired) electrons. The molecule has 9 heteroatoms. The van der Waals surface area contributed by atoms with E-state index in [0.717, 1.165) is 49.6 Å². The Kier molecular flexibility index (Phi) is 10.0. The average molecular weight is 502 g/mol. The minimum absolute atomic E-state index is 0. The molecule has 4 rings (SSSR count). The lowest BCUT2D eigenvalue weighted by Crippen LogP contribution is -2.45. The van der Waals surface area contributed by atoms with E-state index < -0.39 is 0 Å². The van der Waals surface area contributed by atoms with Crippen LogP contribution in [0.1, 0.15) is 41.6 Å². The first kappa shape index (κ1) is 26.7. The van der Waals surface area contributed by atoms with Gasteiger partial charge >= 0.3 is 0 Å². The summed E-state index contributed by atoms with van der Waals surface area (Å²) in [6, 6.07) is 11.9. The standard InChI is InChI=1S/C23H29ClN4O2.2ClH/c24-19-3-1-2-18(14-19)23(16-25)8-6-20(7-9-23)27-22(29)17-4-5-21(26-15-17)28-10-12-30-13-11-28;;/h1-5,14-15,20H,6-13,16,25H2,(H,27,29);2*1H/t20-,23+;;. The Hall–Kier alpha value is -1.57. The van der Waals surface area contributed by atoms with Crippen LogP contribution < -0.4 is 16.0 Å². The predicted molar refractivity (Wildman–Crippen MR) is 134 cm³/mol. The molecule has 1 saturated carbocycles. The van der Waals surface area contributed by atoms with Crippen LogP contribution in [0.4, 0.5) is 5.82 Å². The average Bonchev–Trinajstić information content (AvgIpc) is 2.80. The van der Waals surface area contributed by atoms with E-state index in [1.165, 1.54) is 5.56 Å². The van der Waals surface area contributed by atoms with Gasteiger partial charge in [0.05, 0.1) is 18.8 Å². The van der Waals surface area contributed by atoms with Gasteiger partial charge in [0, 0.05) is 42.3 Å². The van der Waals surface area contributed by atoms with E-state index >= 15 is 0 Å². The van der Waals surface area contributed by atoms with E-state index in [1.54, 1.807) is 6.20 Å². The number of halogens is 3. The van der Waals surface area contributed by atoms with E-state index in [0.29, 0.717) is 25.3 Å². The van der Waals surface area contributed by atoms with Gasteiger partial charge in [0.15, 0.2) is 0 Å². The largest absolute Gasteiger partial charge is 0.378 e. The Morgan fingerprint density at radius 3 is 2.50 bits per heavy atom. The summed E-state index contributed by atoms with van der Waals surface area (Å²) in [5.41, 5.74) is 7.92. The van der Waals surface area contributed by atoms with Crippen LogP contribution in [-0.4, -0.2) is 49.8 Å². The van der Waals surface area contributed by atoms with Crippen LogP contribution in [0.15, 0.2) is 42.6 Å². The van der Waals surface area contributed by atoms with Gasteiger partial charge in [0.2, 0.25) is 0 Å². The fraction of sp³-hybridized carbons (Fsp3) is 0.478. The maximum absolute atomic E-state index is 12.7. The van der Waals surface area contributed by atoms with E-state index in [1.807, 2.05) is 30.3 Å². The van der Waals surface area contributed by atoms with Crippen LogP contribution >= 0.6 is 36.4 Å². The molecular weight excluding hydrogens is 471 g/mol. The van der Waals surface area contributed by atoms with E-state index in [2.05, 4.69) is 21.3 Å². The van der Waals surface area contributed by atoms with Gasteiger partial charge in [0.25, 0.3) is 5.91 Å². The number of amides is 1. The number of nitrogens with two attached hydrogens (primary N) is 1. The number of benzene rings is 1. The molecule has 2 fully saturated rings. The van der Waals surface area contributed by atoms with Crippen LogP contribution in [0.3, 0.4) is 0 Å². The third kappa shape index (κ3) is 6.06. The number of nitrogens with one attached hydrogen (secondary N) is 1. The molecular formula is C23H31Cl3N4O2. The van der Waals surface area contributed by atoms with Crippen molar-refractivity contribution in [1.29, 1.82) is 0 Å². The molecule has 0 bridgehead atoms. The lowest BCUT2D eigenvalue weighted by Gasteiger charge is -2.40. The molecule has 2 aliphatic rings. The number of anilines is 1. The van der Waals surface area contributed by atoms with Crippen molar-refractivity contribution in [3.8, 4) is 0 Å². The molecule has 2 aromatic rings. The van der Waals surface area contributed by atoms with Crippen molar-refractivity contribution in [1.82, 2.24) is 10.3 Å². The highest BCUT2D eigenvalue weighted by atomic mass is 35.5. The summed E-state index contributed by atoms with van der Waals surface area (Å²) in [5, 5.41) is 3.92. The molecule has 0 unspecified atom stereocenters. The molecule has 1 amide bonds. The molecule has 1 saturated heterocycles. The third-order valence-electron chi connectivity index (χ3n) is 6.45. The normalized spacial score (nSPS) is 22.9. The summed E-state index contributed by atoms with van der Waals surface area (Å²) in [6.07, 6.45) is 5.33.